The summed E-state index contributed by atoms with van der Waals surface area (Å²) in [5.74, 6) is -0.341. The molecule has 1 spiro atoms. The van der Waals surface area contributed by atoms with E-state index in [1.54, 1.807) is 21.9 Å². The zero-order valence-corrected chi connectivity index (χ0v) is 15.9. The molecule has 4 rings (SSSR count). The highest BCUT2D eigenvalue weighted by Crippen LogP contribution is 2.57. The number of hydrogen-bond acceptors (Lipinski definition) is 2. The molecule has 0 bridgehead atoms. The third-order valence-corrected chi connectivity index (χ3v) is 5.90. The number of likely N-dealkylation sites (tertiary alicyclic amines) is 1. The van der Waals surface area contributed by atoms with Crippen LogP contribution in [0.3, 0.4) is 0 Å². The van der Waals surface area contributed by atoms with Crippen molar-refractivity contribution in [2.75, 3.05) is 24.5 Å². The van der Waals surface area contributed by atoms with Gasteiger partial charge in [-0.25, -0.2) is 9.18 Å². The predicted molar refractivity (Wildman–Crippen MR) is 105 cm³/mol. The number of nitrogens with one attached hydrogen (secondary N) is 1. The zero-order valence-electron chi connectivity index (χ0n) is 15.9. The molecule has 2 heterocycles. The molecule has 1 atom stereocenters. The van der Waals surface area contributed by atoms with Crippen LogP contribution in [0.2, 0.25) is 0 Å². The Morgan fingerprint density at radius 2 is 1.86 bits per heavy atom. The van der Waals surface area contributed by atoms with E-state index < -0.39 is 5.41 Å². The van der Waals surface area contributed by atoms with E-state index in [0.717, 1.165) is 5.56 Å². The van der Waals surface area contributed by atoms with E-state index in [9.17, 15) is 14.0 Å². The molecule has 0 radical (unpaired) electrons. The van der Waals surface area contributed by atoms with Crippen LogP contribution < -0.4 is 10.2 Å². The number of piperidine rings is 1. The van der Waals surface area contributed by atoms with E-state index >= 15 is 0 Å². The van der Waals surface area contributed by atoms with Gasteiger partial charge in [-0.2, -0.15) is 0 Å². The summed E-state index contributed by atoms with van der Waals surface area (Å²) in [4.78, 5) is 29.0. The van der Waals surface area contributed by atoms with E-state index in [0.29, 0.717) is 38.2 Å². The first-order chi connectivity index (χ1) is 13.6. The summed E-state index contributed by atoms with van der Waals surface area (Å²) in [6.45, 7) is 3.55. The Balaban J connectivity index is 1.64. The van der Waals surface area contributed by atoms with Gasteiger partial charge < -0.3 is 15.1 Å². The number of benzene rings is 2. The van der Waals surface area contributed by atoms with Gasteiger partial charge in [0.2, 0.25) is 5.91 Å². The van der Waals surface area contributed by atoms with Crippen molar-refractivity contribution in [1.82, 2.24) is 10.2 Å². The molecule has 1 N–H and O–H groups in total. The summed E-state index contributed by atoms with van der Waals surface area (Å²) in [6.07, 6.45) is 1.21. The molecular weight excluding hydrogens is 357 g/mol. The summed E-state index contributed by atoms with van der Waals surface area (Å²) in [5, 5.41) is 2.82. The number of rotatable bonds is 3. The Morgan fingerprint density at radius 1 is 1.14 bits per heavy atom. The summed E-state index contributed by atoms with van der Waals surface area (Å²) in [6, 6.07) is 15.8. The van der Waals surface area contributed by atoms with Gasteiger partial charge in [-0.05, 0) is 43.5 Å². The number of urea groups is 1. The first-order valence-electron chi connectivity index (χ1n) is 9.74. The lowest BCUT2D eigenvalue weighted by molar-refractivity contribution is -0.144. The summed E-state index contributed by atoms with van der Waals surface area (Å²) in [5.41, 5.74) is 1.07. The fraction of sp³-hybridized carbons (Fsp3) is 0.364. The Kier molecular flexibility index (Phi) is 4.79. The van der Waals surface area contributed by atoms with Crippen LogP contribution in [-0.4, -0.2) is 36.5 Å². The highest BCUT2D eigenvalue weighted by atomic mass is 19.1. The van der Waals surface area contributed by atoms with Crippen molar-refractivity contribution in [1.29, 1.82) is 0 Å². The van der Waals surface area contributed by atoms with Gasteiger partial charge in [-0.3, -0.25) is 4.79 Å². The smallest absolute Gasteiger partial charge is 0.317 e. The van der Waals surface area contributed by atoms with Crippen LogP contribution in [0.25, 0.3) is 0 Å². The summed E-state index contributed by atoms with van der Waals surface area (Å²) < 4.78 is 13.8. The number of nitrogens with zero attached hydrogens (tertiary/aromatic N) is 2. The largest absolute Gasteiger partial charge is 0.338 e. The molecule has 3 amide bonds. The number of carbonyl (C=O) groups is 2. The molecule has 2 saturated heterocycles. The van der Waals surface area contributed by atoms with Crippen LogP contribution in [0.4, 0.5) is 14.9 Å². The average molecular weight is 381 g/mol. The summed E-state index contributed by atoms with van der Waals surface area (Å²) >= 11 is 0. The minimum absolute atomic E-state index is 0.0162. The van der Waals surface area contributed by atoms with Gasteiger partial charge in [0.1, 0.15) is 5.82 Å². The first-order valence-corrected chi connectivity index (χ1v) is 9.74. The molecule has 2 aliphatic rings. The quantitative estimate of drug-likeness (QED) is 0.824. The molecule has 0 aromatic heterocycles. The second kappa shape index (κ2) is 7.26. The van der Waals surface area contributed by atoms with E-state index in [1.807, 2.05) is 37.3 Å². The Bertz CT molecular complexity index is 878. The molecule has 2 aliphatic heterocycles. The molecule has 2 aromatic carbocycles. The molecular formula is C22H24FN3O2. The maximum atomic E-state index is 13.8. The van der Waals surface area contributed by atoms with Crippen LogP contribution in [0.1, 0.15) is 31.4 Å². The molecule has 1 unspecified atom stereocenters. The van der Waals surface area contributed by atoms with Crippen LogP contribution >= 0.6 is 0 Å². The van der Waals surface area contributed by atoms with Crippen molar-refractivity contribution in [2.24, 2.45) is 5.41 Å². The van der Waals surface area contributed by atoms with Gasteiger partial charge >= 0.3 is 6.03 Å². The Labute approximate surface area is 164 Å². The van der Waals surface area contributed by atoms with Crippen LogP contribution in [-0.2, 0) is 4.79 Å². The minimum Gasteiger partial charge on any atom is -0.338 e. The number of β-lactam (4-membered cyclic amide) rings is 1. The number of hydrogen-bond donors (Lipinski definition) is 1. The molecule has 0 aliphatic carbocycles. The maximum Gasteiger partial charge on any atom is 0.317 e. The average Bonchev–Trinajstić information content (AvgIpc) is 2.72. The summed E-state index contributed by atoms with van der Waals surface area (Å²) in [7, 11) is 0. The van der Waals surface area contributed by atoms with Crippen molar-refractivity contribution in [3.8, 4) is 0 Å². The van der Waals surface area contributed by atoms with Crippen molar-refractivity contribution >= 4 is 17.6 Å². The predicted octanol–water partition coefficient (Wildman–Crippen LogP) is 3.73. The van der Waals surface area contributed by atoms with E-state index in [4.69, 9.17) is 0 Å². The monoisotopic (exact) mass is 381 g/mol. The second-order valence-electron chi connectivity index (χ2n) is 7.45. The molecule has 6 heteroatoms. The highest BCUT2D eigenvalue weighted by Gasteiger charge is 2.62. The van der Waals surface area contributed by atoms with Crippen molar-refractivity contribution < 1.29 is 14.0 Å². The van der Waals surface area contributed by atoms with Gasteiger partial charge in [0.25, 0.3) is 0 Å². The van der Waals surface area contributed by atoms with E-state index in [-0.39, 0.29) is 23.8 Å². The Morgan fingerprint density at radius 3 is 2.50 bits per heavy atom. The standard InChI is InChI=1S/C22H24FN3O2/c1-2-24-21(28)25-13-11-22(12-14-25)19(16-7-4-3-5-8-16)26(20(22)27)18-10-6-9-17(23)15-18/h3-10,15,19H,2,11-14H2,1H3,(H,24,28). The first kappa shape index (κ1) is 18.5. The van der Waals surface area contributed by atoms with Crippen molar-refractivity contribution in [3.05, 3.63) is 66.0 Å². The van der Waals surface area contributed by atoms with E-state index in [1.165, 1.54) is 12.1 Å². The SMILES string of the molecule is CCNC(=O)N1CCC2(CC1)C(=O)N(c1cccc(F)c1)C2c1ccccc1. The third-order valence-electron chi connectivity index (χ3n) is 5.90. The van der Waals surface area contributed by atoms with Crippen LogP contribution in [0, 0.1) is 11.2 Å². The normalized spacial score (nSPS) is 20.8. The lowest BCUT2D eigenvalue weighted by atomic mass is 9.62. The van der Waals surface area contributed by atoms with Crippen molar-refractivity contribution in [2.45, 2.75) is 25.8 Å². The molecule has 146 valence electrons. The molecule has 5 nitrogen and oxygen atoms in total. The number of anilines is 1. The van der Waals surface area contributed by atoms with Crippen LogP contribution in [0.5, 0.6) is 0 Å². The van der Waals surface area contributed by atoms with Gasteiger partial charge in [-0.15, -0.1) is 0 Å². The number of halogens is 1. The second-order valence-corrected chi connectivity index (χ2v) is 7.45. The molecule has 0 saturated carbocycles. The molecule has 28 heavy (non-hydrogen) atoms. The van der Waals surface area contributed by atoms with Gasteiger partial charge in [0.15, 0.2) is 0 Å². The van der Waals surface area contributed by atoms with Crippen LogP contribution in [0.15, 0.2) is 54.6 Å². The van der Waals surface area contributed by atoms with Gasteiger partial charge in [0, 0.05) is 25.3 Å². The third kappa shape index (κ3) is 2.93. The fourth-order valence-electron chi connectivity index (χ4n) is 4.51. The highest BCUT2D eigenvalue weighted by molar-refractivity contribution is 6.06. The zero-order chi connectivity index (χ0) is 19.7. The van der Waals surface area contributed by atoms with Gasteiger partial charge in [-0.1, -0.05) is 36.4 Å². The lowest BCUT2D eigenvalue weighted by Gasteiger charge is -2.59. The minimum atomic E-state index is -0.545. The van der Waals surface area contributed by atoms with E-state index in [2.05, 4.69) is 5.32 Å². The van der Waals surface area contributed by atoms with Crippen molar-refractivity contribution in [3.63, 3.8) is 0 Å². The fourth-order valence-corrected chi connectivity index (χ4v) is 4.51. The Hall–Kier alpha value is -2.89. The topological polar surface area (TPSA) is 52.7 Å². The molecule has 2 fully saturated rings. The number of amides is 3. The lowest BCUT2D eigenvalue weighted by Crippen LogP contribution is -2.67. The molecule has 2 aromatic rings. The maximum absolute atomic E-state index is 13.8. The van der Waals surface area contributed by atoms with Gasteiger partial charge in [0.05, 0.1) is 11.5 Å². The number of carbonyl (C=O) groups excluding carboxylic acids is 2.